The molecule has 0 saturated carbocycles. The molecule has 5 nitrogen and oxygen atoms in total. The largest absolute Gasteiger partial charge is 0.369 e. The summed E-state index contributed by atoms with van der Waals surface area (Å²) in [6.45, 7) is 4.88. The van der Waals surface area contributed by atoms with Crippen LogP contribution in [0.3, 0.4) is 0 Å². The van der Waals surface area contributed by atoms with E-state index in [4.69, 9.17) is 0 Å². The van der Waals surface area contributed by atoms with E-state index in [0.29, 0.717) is 12.2 Å². The molecule has 1 amide bonds. The Morgan fingerprint density at radius 1 is 1.18 bits per heavy atom. The smallest absolute Gasteiger partial charge is 0.225 e. The zero-order valence-electron chi connectivity index (χ0n) is 10.5. The number of carbonyl (C=O) groups is 1. The number of carbonyl (C=O) groups excluding carboxylic acids is 1. The first-order valence-electron chi connectivity index (χ1n) is 6.13. The number of aromatic nitrogens is 2. The molecule has 1 aromatic rings. The Morgan fingerprint density at radius 3 is 2.47 bits per heavy atom. The van der Waals surface area contributed by atoms with Crippen LogP contribution in [0.1, 0.15) is 39.5 Å². The predicted octanol–water partition coefficient (Wildman–Crippen LogP) is 2.43. The van der Waals surface area contributed by atoms with Gasteiger partial charge in [-0.2, -0.15) is 0 Å². The molecule has 0 fully saturated rings. The van der Waals surface area contributed by atoms with Crippen LogP contribution in [0.15, 0.2) is 12.1 Å². The Hall–Kier alpha value is -1.65. The number of hydrogen-bond donors (Lipinski definition) is 2. The third-order valence-electron chi connectivity index (χ3n) is 2.34. The number of nitrogens with one attached hydrogen (secondary N) is 2. The summed E-state index contributed by atoms with van der Waals surface area (Å²) in [6, 6.07) is 3.58. The molecule has 94 valence electrons. The van der Waals surface area contributed by atoms with Gasteiger partial charge in [0.05, 0.1) is 0 Å². The topological polar surface area (TPSA) is 66.9 Å². The average Bonchev–Trinajstić information content (AvgIpc) is 2.36. The maximum atomic E-state index is 11.1. The minimum Gasteiger partial charge on any atom is -0.369 e. The molecule has 1 heterocycles. The van der Waals surface area contributed by atoms with E-state index in [9.17, 15) is 4.79 Å². The van der Waals surface area contributed by atoms with Crippen LogP contribution in [0, 0.1) is 0 Å². The predicted molar refractivity (Wildman–Crippen MR) is 69.0 cm³/mol. The SMILES string of the molecule is CCCCCNc1ccc(NC(=O)CC)nn1. The number of hydrogen-bond acceptors (Lipinski definition) is 4. The van der Waals surface area contributed by atoms with E-state index in [1.807, 2.05) is 6.07 Å². The van der Waals surface area contributed by atoms with Crippen LogP contribution in [0.5, 0.6) is 0 Å². The van der Waals surface area contributed by atoms with E-state index in [1.165, 1.54) is 12.8 Å². The Bertz CT molecular complexity index is 337. The van der Waals surface area contributed by atoms with Gasteiger partial charge < -0.3 is 10.6 Å². The second-order valence-electron chi connectivity index (χ2n) is 3.84. The molecule has 0 aliphatic rings. The third kappa shape index (κ3) is 5.29. The number of rotatable bonds is 7. The minimum absolute atomic E-state index is 0.0528. The van der Waals surface area contributed by atoms with Gasteiger partial charge >= 0.3 is 0 Å². The molecule has 0 aliphatic carbocycles. The Morgan fingerprint density at radius 2 is 1.88 bits per heavy atom. The molecule has 1 aromatic heterocycles. The Kier molecular flexibility index (Phi) is 5.99. The lowest BCUT2D eigenvalue weighted by atomic mass is 10.2. The summed E-state index contributed by atoms with van der Waals surface area (Å²) in [4.78, 5) is 11.1. The van der Waals surface area contributed by atoms with Crippen LogP contribution in [-0.4, -0.2) is 22.6 Å². The Balaban J connectivity index is 2.36. The van der Waals surface area contributed by atoms with Crippen LogP contribution in [0.4, 0.5) is 11.6 Å². The second kappa shape index (κ2) is 7.60. The number of amides is 1. The summed E-state index contributed by atoms with van der Waals surface area (Å²) in [5, 5.41) is 13.8. The van der Waals surface area contributed by atoms with E-state index in [-0.39, 0.29) is 5.91 Å². The number of anilines is 2. The first kappa shape index (κ1) is 13.4. The first-order chi connectivity index (χ1) is 8.26. The summed E-state index contributed by atoms with van der Waals surface area (Å²) in [5.74, 6) is 1.19. The Labute approximate surface area is 102 Å². The fraction of sp³-hybridized carbons (Fsp3) is 0.583. The summed E-state index contributed by atoms with van der Waals surface area (Å²) in [5.41, 5.74) is 0. The second-order valence-corrected chi connectivity index (χ2v) is 3.84. The molecule has 0 unspecified atom stereocenters. The fourth-order valence-corrected chi connectivity index (χ4v) is 1.32. The van der Waals surface area contributed by atoms with Gasteiger partial charge in [0.1, 0.15) is 5.82 Å². The van der Waals surface area contributed by atoms with E-state index in [2.05, 4.69) is 27.8 Å². The molecular weight excluding hydrogens is 216 g/mol. The molecule has 0 aliphatic heterocycles. The van der Waals surface area contributed by atoms with Crippen LogP contribution in [0.25, 0.3) is 0 Å². The van der Waals surface area contributed by atoms with Gasteiger partial charge in [0.15, 0.2) is 5.82 Å². The molecule has 1 rings (SSSR count). The van der Waals surface area contributed by atoms with Crippen LogP contribution < -0.4 is 10.6 Å². The zero-order valence-corrected chi connectivity index (χ0v) is 10.5. The third-order valence-corrected chi connectivity index (χ3v) is 2.34. The molecule has 2 N–H and O–H groups in total. The van der Waals surface area contributed by atoms with E-state index >= 15 is 0 Å². The van der Waals surface area contributed by atoms with Crippen LogP contribution in [-0.2, 0) is 4.79 Å². The van der Waals surface area contributed by atoms with Gasteiger partial charge in [-0.1, -0.05) is 26.7 Å². The molecular formula is C12H20N4O. The normalized spacial score (nSPS) is 10.0. The molecule has 0 radical (unpaired) electrons. The lowest BCUT2D eigenvalue weighted by Gasteiger charge is -2.05. The summed E-state index contributed by atoms with van der Waals surface area (Å²) >= 11 is 0. The first-order valence-corrected chi connectivity index (χ1v) is 6.13. The summed E-state index contributed by atoms with van der Waals surface area (Å²) in [7, 11) is 0. The average molecular weight is 236 g/mol. The highest BCUT2D eigenvalue weighted by Crippen LogP contribution is 2.06. The monoisotopic (exact) mass is 236 g/mol. The van der Waals surface area contributed by atoms with Crippen molar-refractivity contribution in [2.75, 3.05) is 17.2 Å². The van der Waals surface area contributed by atoms with E-state index in [1.54, 1.807) is 13.0 Å². The van der Waals surface area contributed by atoms with Crippen molar-refractivity contribution in [1.29, 1.82) is 0 Å². The summed E-state index contributed by atoms with van der Waals surface area (Å²) < 4.78 is 0. The minimum atomic E-state index is -0.0528. The van der Waals surface area contributed by atoms with Crippen LogP contribution in [0.2, 0.25) is 0 Å². The molecule has 0 saturated heterocycles. The highest BCUT2D eigenvalue weighted by molar-refractivity contribution is 5.89. The standard InChI is InChI=1S/C12H20N4O/c1-3-5-6-9-13-10-7-8-11(16-15-10)14-12(17)4-2/h7-8H,3-6,9H2,1-2H3,(H,13,15)(H,14,16,17). The number of nitrogens with zero attached hydrogens (tertiary/aromatic N) is 2. The van der Waals surface area contributed by atoms with Crippen molar-refractivity contribution >= 4 is 17.5 Å². The van der Waals surface area contributed by atoms with Crippen LogP contribution >= 0.6 is 0 Å². The van der Waals surface area contributed by atoms with Crippen molar-refractivity contribution in [3.05, 3.63) is 12.1 Å². The zero-order chi connectivity index (χ0) is 12.5. The lowest BCUT2D eigenvalue weighted by Crippen LogP contribution is -2.12. The highest BCUT2D eigenvalue weighted by atomic mass is 16.1. The molecule has 0 spiro atoms. The van der Waals surface area contributed by atoms with Gasteiger partial charge in [-0.05, 0) is 18.6 Å². The van der Waals surface area contributed by atoms with Gasteiger partial charge in [-0.15, -0.1) is 10.2 Å². The van der Waals surface area contributed by atoms with Gasteiger partial charge in [-0.25, -0.2) is 0 Å². The van der Waals surface area contributed by atoms with Crippen molar-refractivity contribution in [3.63, 3.8) is 0 Å². The maximum Gasteiger partial charge on any atom is 0.225 e. The van der Waals surface area contributed by atoms with Gasteiger partial charge in [0.25, 0.3) is 0 Å². The number of unbranched alkanes of at least 4 members (excludes halogenated alkanes) is 2. The lowest BCUT2D eigenvalue weighted by molar-refractivity contribution is -0.115. The van der Waals surface area contributed by atoms with E-state index in [0.717, 1.165) is 18.8 Å². The fourth-order valence-electron chi connectivity index (χ4n) is 1.32. The summed E-state index contributed by atoms with van der Waals surface area (Å²) in [6.07, 6.45) is 3.99. The molecule has 17 heavy (non-hydrogen) atoms. The molecule has 0 aromatic carbocycles. The van der Waals surface area contributed by atoms with Crippen molar-refractivity contribution in [2.45, 2.75) is 39.5 Å². The highest BCUT2D eigenvalue weighted by Gasteiger charge is 2.00. The van der Waals surface area contributed by atoms with Gasteiger partial charge in [0, 0.05) is 13.0 Å². The van der Waals surface area contributed by atoms with Crippen molar-refractivity contribution in [2.24, 2.45) is 0 Å². The van der Waals surface area contributed by atoms with E-state index < -0.39 is 0 Å². The van der Waals surface area contributed by atoms with Crippen molar-refractivity contribution < 1.29 is 4.79 Å². The molecule has 0 bridgehead atoms. The van der Waals surface area contributed by atoms with Crippen molar-refractivity contribution in [3.8, 4) is 0 Å². The molecule has 0 atom stereocenters. The maximum absolute atomic E-state index is 11.1. The van der Waals surface area contributed by atoms with Crippen molar-refractivity contribution in [1.82, 2.24) is 10.2 Å². The van der Waals surface area contributed by atoms with Gasteiger partial charge in [0.2, 0.25) is 5.91 Å². The van der Waals surface area contributed by atoms with Gasteiger partial charge in [-0.3, -0.25) is 4.79 Å². The molecule has 5 heteroatoms. The quantitative estimate of drug-likeness (QED) is 0.713.